The molecule has 16 heteroatoms. The van der Waals surface area contributed by atoms with Gasteiger partial charge in [0.2, 0.25) is 0 Å². The molecule has 5 aromatic heterocycles. The van der Waals surface area contributed by atoms with Crippen molar-refractivity contribution in [3.8, 4) is 0 Å². The van der Waals surface area contributed by atoms with Crippen molar-refractivity contribution in [1.82, 2.24) is 44.6 Å². The van der Waals surface area contributed by atoms with E-state index in [1.54, 1.807) is 50.3 Å². The molecule has 2 aromatic carbocycles. The molecular weight excluding hydrogens is 690 g/mol. The first kappa shape index (κ1) is 37.7. The molecule has 5 heterocycles. The number of allylic oxidation sites excluding steroid dienone is 1. The van der Waals surface area contributed by atoms with Crippen molar-refractivity contribution in [2.75, 3.05) is 0 Å². The Labute approximate surface area is 300 Å². The van der Waals surface area contributed by atoms with Crippen LogP contribution >= 0.6 is 0 Å². The molecule has 0 unspecified atom stereocenters. The number of aromatic nitrogens is 9. The molecule has 270 valence electrons. The van der Waals surface area contributed by atoms with Crippen LogP contribution in [0, 0.1) is 28.7 Å². The first-order chi connectivity index (χ1) is 25.5. The van der Waals surface area contributed by atoms with Crippen LogP contribution in [-0.2, 0) is 12.8 Å². The van der Waals surface area contributed by atoms with E-state index in [4.69, 9.17) is 5.41 Å². The van der Waals surface area contributed by atoms with E-state index < -0.39 is 23.3 Å². The lowest BCUT2D eigenvalue weighted by Gasteiger charge is -2.09. The fraction of sp³-hybridized carbons (Fsp3) is 0.189. The maximum absolute atomic E-state index is 14.9. The van der Waals surface area contributed by atoms with Gasteiger partial charge in [-0.15, -0.1) is 20.4 Å². The number of halogens is 4. The van der Waals surface area contributed by atoms with E-state index in [-0.39, 0.29) is 69.1 Å². The zero-order valence-corrected chi connectivity index (χ0v) is 29.4. The number of carbonyl (C=O) groups is 1. The summed E-state index contributed by atoms with van der Waals surface area (Å²) in [6, 6.07) is 11.9. The van der Waals surface area contributed by atoms with Crippen LogP contribution in [0.3, 0.4) is 0 Å². The number of aliphatic imine (C=N–C) groups is 1. The lowest BCUT2D eigenvalue weighted by Crippen LogP contribution is -2.08. The number of benzene rings is 2. The number of pyridine rings is 1. The molecule has 0 aliphatic heterocycles. The van der Waals surface area contributed by atoms with Gasteiger partial charge in [0.25, 0.3) is 0 Å². The normalized spacial score (nSPS) is 11.0. The number of carbonyl (C=O) groups excluding carboxylic acids is 1. The first-order valence-corrected chi connectivity index (χ1v) is 16.3. The molecule has 12 nitrogen and oxygen atoms in total. The standard InChI is InChI=1S/C18H15F2N5O.C17H12F2N6.C2H6/c1-4-5-11-15(21-3)9-13(19)12(18(11)20)8-17-23-22-16-7-6-14(10(2)26)24-25(16)17;1-9(20)13-4-5-15-22-23-16(25(15)24-13)7-11-12(18)8-14-10(17(11)19)3-2-6-21-14;1-2/h4-7,9H,3,8H2,1-2H3;2-6,8,20H,7H2,1H3;1-2H3/b5-4-;;. The van der Waals surface area contributed by atoms with Gasteiger partial charge in [-0.05, 0) is 57.0 Å². The van der Waals surface area contributed by atoms with Gasteiger partial charge in [0, 0.05) is 60.2 Å². The van der Waals surface area contributed by atoms with Crippen LogP contribution in [0.2, 0.25) is 0 Å². The molecule has 0 saturated carbocycles. The fourth-order valence-electron chi connectivity index (χ4n) is 5.23. The van der Waals surface area contributed by atoms with Gasteiger partial charge >= 0.3 is 0 Å². The van der Waals surface area contributed by atoms with E-state index in [9.17, 15) is 22.4 Å². The second kappa shape index (κ2) is 16.2. The topological polar surface area (TPSA) is 152 Å². The van der Waals surface area contributed by atoms with Gasteiger partial charge in [0.05, 0.1) is 16.9 Å². The van der Waals surface area contributed by atoms with Gasteiger partial charge in [-0.25, -0.2) is 17.6 Å². The summed E-state index contributed by atoms with van der Waals surface area (Å²) in [6.45, 7) is 12.0. The Balaban J connectivity index is 0.000000195. The minimum absolute atomic E-state index is 0.114. The number of Topliss-reactive ketones (excluding diaryl/α,β-unsaturated/α-hetero) is 1. The summed E-state index contributed by atoms with van der Waals surface area (Å²) in [5.74, 6) is -2.60. The molecule has 0 aliphatic carbocycles. The highest BCUT2D eigenvalue weighted by molar-refractivity contribution is 5.94. The largest absolute Gasteiger partial charge is 0.303 e. The van der Waals surface area contributed by atoms with Crippen LogP contribution in [0.25, 0.3) is 28.3 Å². The van der Waals surface area contributed by atoms with Gasteiger partial charge < -0.3 is 5.41 Å². The maximum Gasteiger partial charge on any atom is 0.179 e. The quantitative estimate of drug-likeness (QED) is 0.0961. The molecule has 0 amide bonds. The second-order valence-electron chi connectivity index (χ2n) is 11.2. The highest BCUT2D eigenvalue weighted by atomic mass is 19.1. The molecule has 0 aliphatic rings. The number of ketones is 1. The Morgan fingerprint density at radius 2 is 1.40 bits per heavy atom. The average molecular weight is 724 g/mol. The number of nitrogens with zero attached hydrogens (tertiary/aromatic N) is 10. The second-order valence-corrected chi connectivity index (χ2v) is 11.2. The smallest absolute Gasteiger partial charge is 0.179 e. The number of rotatable bonds is 8. The third-order valence-corrected chi connectivity index (χ3v) is 7.79. The number of fused-ring (bicyclic) bond motifs is 3. The van der Waals surface area contributed by atoms with Crippen molar-refractivity contribution in [2.45, 2.75) is 47.5 Å². The highest BCUT2D eigenvalue weighted by Crippen LogP contribution is 2.30. The van der Waals surface area contributed by atoms with Crippen molar-refractivity contribution in [3.05, 3.63) is 124 Å². The van der Waals surface area contributed by atoms with E-state index in [2.05, 4.69) is 47.3 Å². The SMILES string of the molecule is C=Nc1cc(F)c(Cc2nnc3ccc(C(C)=O)nn23)c(F)c1/C=C\C.CC.CC(=N)c1ccc2nnc(Cc3c(F)cc4ncccc4c3F)n2n1. The van der Waals surface area contributed by atoms with Crippen LogP contribution < -0.4 is 0 Å². The predicted octanol–water partition coefficient (Wildman–Crippen LogP) is 7.52. The average Bonchev–Trinajstić information content (AvgIpc) is 3.76. The van der Waals surface area contributed by atoms with Gasteiger partial charge in [0.15, 0.2) is 28.7 Å². The van der Waals surface area contributed by atoms with E-state index in [1.807, 2.05) is 13.8 Å². The van der Waals surface area contributed by atoms with Crippen molar-refractivity contribution in [2.24, 2.45) is 4.99 Å². The van der Waals surface area contributed by atoms with Gasteiger partial charge in [-0.3, -0.25) is 14.8 Å². The first-order valence-electron chi connectivity index (χ1n) is 16.3. The summed E-state index contributed by atoms with van der Waals surface area (Å²) in [4.78, 5) is 19.2. The molecule has 7 rings (SSSR count). The van der Waals surface area contributed by atoms with Crippen LogP contribution in [-0.4, -0.2) is 62.8 Å². The highest BCUT2D eigenvalue weighted by Gasteiger charge is 2.21. The Kier molecular flexibility index (Phi) is 11.5. The van der Waals surface area contributed by atoms with Gasteiger partial charge in [0.1, 0.15) is 34.7 Å². The molecule has 0 fully saturated rings. The molecule has 0 radical (unpaired) electrons. The lowest BCUT2D eigenvalue weighted by molar-refractivity contribution is 0.101. The molecule has 53 heavy (non-hydrogen) atoms. The molecule has 0 spiro atoms. The van der Waals surface area contributed by atoms with Crippen molar-refractivity contribution < 1.29 is 22.4 Å². The summed E-state index contributed by atoms with van der Waals surface area (Å²) in [7, 11) is 0. The third-order valence-electron chi connectivity index (χ3n) is 7.79. The molecule has 1 N–H and O–H groups in total. The van der Waals surface area contributed by atoms with E-state index in [1.165, 1.54) is 40.4 Å². The Morgan fingerprint density at radius 1 is 0.830 bits per heavy atom. The molecular formula is C37H33F4N11O. The van der Waals surface area contributed by atoms with E-state index in [0.29, 0.717) is 22.8 Å². The number of hydrogen-bond donors (Lipinski definition) is 1. The Bertz CT molecular complexity index is 2540. The van der Waals surface area contributed by atoms with E-state index >= 15 is 0 Å². The van der Waals surface area contributed by atoms with Gasteiger partial charge in [-0.2, -0.15) is 19.2 Å². The summed E-state index contributed by atoms with van der Waals surface area (Å²) in [5, 5.41) is 32.1. The van der Waals surface area contributed by atoms with Crippen molar-refractivity contribution >= 4 is 52.2 Å². The Morgan fingerprint density at radius 3 is 1.96 bits per heavy atom. The van der Waals surface area contributed by atoms with Crippen LogP contribution in [0.1, 0.15) is 79.1 Å². The molecule has 7 aromatic rings. The number of nitrogens with one attached hydrogen (secondary N) is 1. The summed E-state index contributed by atoms with van der Waals surface area (Å²) >= 11 is 0. The minimum Gasteiger partial charge on any atom is -0.303 e. The Hall–Kier alpha value is -6.58. The minimum atomic E-state index is -0.766. The van der Waals surface area contributed by atoms with Crippen LogP contribution in [0.5, 0.6) is 0 Å². The lowest BCUT2D eigenvalue weighted by atomic mass is 10.0. The van der Waals surface area contributed by atoms with Crippen LogP contribution in [0.15, 0.2) is 65.8 Å². The summed E-state index contributed by atoms with van der Waals surface area (Å²) < 4.78 is 61.1. The maximum atomic E-state index is 14.9. The number of hydrogen-bond acceptors (Lipinski definition) is 10. The van der Waals surface area contributed by atoms with Crippen molar-refractivity contribution in [3.63, 3.8) is 0 Å². The van der Waals surface area contributed by atoms with Gasteiger partial charge in [-0.1, -0.05) is 26.0 Å². The summed E-state index contributed by atoms with van der Waals surface area (Å²) in [5.41, 5.74) is 1.96. The summed E-state index contributed by atoms with van der Waals surface area (Å²) in [6.07, 6.45) is 4.31. The molecule has 0 saturated heterocycles. The fourth-order valence-corrected chi connectivity index (χ4v) is 5.23. The zero-order chi connectivity index (χ0) is 38.4. The zero-order valence-electron chi connectivity index (χ0n) is 29.4. The van der Waals surface area contributed by atoms with Crippen molar-refractivity contribution in [1.29, 1.82) is 5.41 Å². The predicted molar refractivity (Wildman–Crippen MR) is 193 cm³/mol. The van der Waals surface area contributed by atoms with E-state index in [0.717, 1.165) is 6.07 Å². The molecule has 0 bridgehead atoms. The third kappa shape index (κ3) is 7.71. The van der Waals surface area contributed by atoms with Crippen LogP contribution in [0.4, 0.5) is 23.2 Å². The monoisotopic (exact) mass is 723 g/mol. The molecule has 0 atom stereocenters.